The first-order valence-corrected chi connectivity index (χ1v) is 10.7. The highest BCUT2D eigenvalue weighted by molar-refractivity contribution is 6.07. The number of benzene rings is 2. The molecule has 0 aliphatic carbocycles. The number of alkyl carbamates (subject to hydrolysis) is 1. The lowest BCUT2D eigenvalue weighted by Gasteiger charge is -2.24. The van der Waals surface area contributed by atoms with E-state index in [9.17, 15) is 19.2 Å². The Morgan fingerprint density at radius 2 is 1.82 bits per heavy atom. The third kappa shape index (κ3) is 5.68. The number of carbonyl (C=O) groups is 4. The minimum atomic E-state index is -1.24. The van der Waals surface area contributed by atoms with Crippen LogP contribution in [0.1, 0.15) is 38.3 Å². The number of anilines is 1. The van der Waals surface area contributed by atoms with E-state index in [1.54, 1.807) is 31.2 Å². The molecule has 3 atom stereocenters. The summed E-state index contributed by atoms with van der Waals surface area (Å²) in [7, 11) is 0. The first kappa shape index (κ1) is 23.8. The molecule has 0 spiro atoms. The standard InChI is InChI=1S/C24H28N4O5/c1-4-15(2)19(26-23(32)33-14-16-9-6-5-7-10-16)20(29)25-18-12-8-11-17(13-18)24(3)21(30)27-22(31)28-24/h5-13,15,19H,4,14H2,1-3H3,(H,25,29)(H,26,32)(H2,27,28,30,31)/t15-,19-,24?/m0/s1. The summed E-state index contributed by atoms with van der Waals surface area (Å²) in [5, 5.41) is 10.3. The van der Waals surface area contributed by atoms with Crippen molar-refractivity contribution in [1.82, 2.24) is 16.0 Å². The zero-order chi connectivity index (χ0) is 24.0. The minimum absolute atomic E-state index is 0.0932. The molecule has 2 aromatic carbocycles. The lowest BCUT2D eigenvalue weighted by atomic mass is 9.92. The molecule has 9 heteroatoms. The number of hydrogen-bond donors (Lipinski definition) is 4. The predicted octanol–water partition coefficient (Wildman–Crippen LogP) is 3.02. The van der Waals surface area contributed by atoms with Gasteiger partial charge in [0, 0.05) is 5.69 Å². The molecule has 9 nitrogen and oxygen atoms in total. The second kappa shape index (κ2) is 10.2. The van der Waals surface area contributed by atoms with Gasteiger partial charge in [-0.15, -0.1) is 0 Å². The van der Waals surface area contributed by atoms with E-state index in [0.717, 1.165) is 5.56 Å². The maximum absolute atomic E-state index is 13.0. The van der Waals surface area contributed by atoms with E-state index < -0.39 is 35.5 Å². The van der Waals surface area contributed by atoms with Gasteiger partial charge in [-0.25, -0.2) is 9.59 Å². The van der Waals surface area contributed by atoms with Crippen molar-refractivity contribution in [2.45, 2.75) is 45.4 Å². The number of imide groups is 1. The van der Waals surface area contributed by atoms with Gasteiger partial charge in [0.1, 0.15) is 18.2 Å². The molecule has 0 bridgehead atoms. The predicted molar refractivity (Wildman–Crippen MR) is 122 cm³/mol. The zero-order valence-electron chi connectivity index (χ0n) is 18.8. The number of rotatable bonds is 8. The number of nitrogens with one attached hydrogen (secondary N) is 4. The van der Waals surface area contributed by atoms with Gasteiger partial charge in [0.05, 0.1) is 0 Å². The van der Waals surface area contributed by atoms with Gasteiger partial charge < -0.3 is 20.7 Å². The maximum Gasteiger partial charge on any atom is 0.408 e. The van der Waals surface area contributed by atoms with E-state index in [-0.39, 0.29) is 12.5 Å². The van der Waals surface area contributed by atoms with Gasteiger partial charge in [-0.05, 0) is 36.1 Å². The Hall–Kier alpha value is -3.88. The third-order valence-corrected chi connectivity index (χ3v) is 5.73. The van der Waals surface area contributed by atoms with Crippen LogP contribution < -0.4 is 21.3 Å². The van der Waals surface area contributed by atoms with Gasteiger partial charge in [0.2, 0.25) is 5.91 Å². The lowest BCUT2D eigenvalue weighted by molar-refractivity contribution is -0.123. The monoisotopic (exact) mass is 452 g/mol. The molecule has 1 heterocycles. The summed E-state index contributed by atoms with van der Waals surface area (Å²) >= 11 is 0. The number of amides is 5. The van der Waals surface area contributed by atoms with E-state index in [1.807, 2.05) is 44.2 Å². The Morgan fingerprint density at radius 3 is 2.45 bits per heavy atom. The Morgan fingerprint density at radius 1 is 1.09 bits per heavy atom. The van der Waals surface area contributed by atoms with Gasteiger partial charge >= 0.3 is 12.1 Å². The number of urea groups is 1. The topological polar surface area (TPSA) is 126 Å². The molecule has 0 aromatic heterocycles. The summed E-state index contributed by atoms with van der Waals surface area (Å²) < 4.78 is 5.26. The summed E-state index contributed by atoms with van der Waals surface area (Å²) in [6.07, 6.45) is -0.0348. The van der Waals surface area contributed by atoms with E-state index >= 15 is 0 Å². The second-order valence-electron chi connectivity index (χ2n) is 8.17. The molecule has 1 aliphatic heterocycles. The maximum atomic E-state index is 13.0. The normalized spacial score (nSPS) is 19.1. The molecule has 1 fully saturated rings. The van der Waals surface area contributed by atoms with Gasteiger partial charge in [-0.1, -0.05) is 62.7 Å². The largest absolute Gasteiger partial charge is 0.445 e. The van der Waals surface area contributed by atoms with Crippen LogP contribution in [-0.4, -0.2) is 30.0 Å². The van der Waals surface area contributed by atoms with Crippen molar-refractivity contribution < 1.29 is 23.9 Å². The third-order valence-electron chi connectivity index (χ3n) is 5.73. The first-order chi connectivity index (χ1) is 15.7. The second-order valence-corrected chi connectivity index (χ2v) is 8.17. The van der Waals surface area contributed by atoms with Crippen LogP contribution in [0.4, 0.5) is 15.3 Å². The van der Waals surface area contributed by atoms with Crippen LogP contribution in [-0.2, 0) is 26.5 Å². The molecular weight excluding hydrogens is 424 g/mol. The SMILES string of the molecule is CC[C@H](C)[C@H](NC(=O)OCc1ccccc1)C(=O)Nc1cccc(C2(C)NC(=O)NC2=O)c1. The van der Waals surface area contributed by atoms with Crippen LogP contribution in [0.15, 0.2) is 54.6 Å². The van der Waals surface area contributed by atoms with Crippen molar-refractivity contribution in [2.75, 3.05) is 5.32 Å². The summed E-state index contributed by atoms with van der Waals surface area (Å²) in [4.78, 5) is 49.2. The van der Waals surface area contributed by atoms with Crippen LogP contribution in [0.2, 0.25) is 0 Å². The number of ether oxygens (including phenoxy) is 1. The Balaban J connectivity index is 1.68. The molecule has 1 unspecified atom stereocenters. The molecule has 0 radical (unpaired) electrons. The Bertz CT molecular complexity index is 1040. The Labute approximate surface area is 192 Å². The fourth-order valence-electron chi connectivity index (χ4n) is 3.47. The summed E-state index contributed by atoms with van der Waals surface area (Å²) in [6, 6.07) is 14.5. The average Bonchev–Trinajstić information content (AvgIpc) is 3.08. The van der Waals surface area contributed by atoms with Crippen LogP contribution in [0, 0.1) is 5.92 Å². The summed E-state index contributed by atoms with van der Waals surface area (Å²) in [5.74, 6) is -1.05. The van der Waals surface area contributed by atoms with Crippen molar-refractivity contribution in [2.24, 2.45) is 5.92 Å². The first-order valence-electron chi connectivity index (χ1n) is 10.7. The van der Waals surface area contributed by atoms with Crippen LogP contribution in [0.3, 0.4) is 0 Å². The number of hydrogen-bond acceptors (Lipinski definition) is 5. The Kier molecular flexibility index (Phi) is 7.32. The molecule has 1 saturated heterocycles. The lowest BCUT2D eigenvalue weighted by Crippen LogP contribution is -2.48. The average molecular weight is 453 g/mol. The fraction of sp³-hybridized carbons (Fsp3) is 0.333. The van der Waals surface area contributed by atoms with E-state index in [0.29, 0.717) is 17.7 Å². The molecule has 5 amide bonds. The molecule has 174 valence electrons. The van der Waals surface area contributed by atoms with E-state index in [2.05, 4.69) is 21.3 Å². The van der Waals surface area contributed by atoms with Crippen LogP contribution >= 0.6 is 0 Å². The summed E-state index contributed by atoms with van der Waals surface area (Å²) in [6.45, 7) is 5.46. The van der Waals surface area contributed by atoms with Crippen molar-refractivity contribution >= 4 is 29.6 Å². The highest BCUT2D eigenvalue weighted by Crippen LogP contribution is 2.26. The molecule has 0 saturated carbocycles. The smallest absolute Gasteiger partial charge is 0.408 e. The van der Waals surface area contributed by atoms with Gasteiger partial charge in [-0.2, -0.15) is 0 Å². The highest BCUT2D eigenvalue weighted by atomic mass is 16.5. The zero-order valence-corrected chi connectivity index (χ0v) is 18.8. The van der Waals surface area contributed by atoms with Gasteiger partial charge in [0.15, 0.2) is 0 Å². The molecule has 3 rings (SSSR count). The fourth-order valence-corrected chi connectivity index (χ4v) is 3.47. The van der Waals surface area contributed by atoms with Crippen molar-refractivity contribution in [3.05, 3.63) is 65.7 Å². The molecule has 33 heavy (non-hydrogen) atoms. The molecular formula is C24H28N4O5. The van der Waals surface area contributed by atoms with Gasteiger partial charge in [0.25, 0.3) is 5.91 Å². The van der Waals surface area contributed by atoms with Crippen molar-refractivity contribution in [1.29, 1.82) is 0 Å². The van der Waals surface area contributed by atoms with Crippen LogP contribution in [0.25, 0.3) is 0 Å². The van der Waals surface area contributed by atoms with E-state index in [1.165, 1.54) is 0 Å². The van der Waals surface area contributed by atoms with Crippen molar-refractivity contribution in [3.8, 4) is 0 Å². The molecule has 1 aliphatic rings. The van der Waals surface area contributed by atoms with Crippen LogP contribution in [0.5, 0.6) is 0 Å². The minimum Gasteiger partial charge on any atom is -0.445 e. The van der Waals surface area contributed by atoms with Gasteiger partial charge in [-0.3, -0.25) is 14.9 Å². The van der Waals surface area contributed by atoms with Crippen molar-refractivity contribution in [3.63, 3.8) is 0 Å². The van der Waals surface area contributed by atoms with E-state index in [4.69, 9.17) is 4.74 Å². The summed E-state index contributed by atoms with van der Waals surface area (Å²) in [5.41, 5.74) is 0.540. The molecule has 2 aromatic rings. The molecule has 4 N–H and O–H groups in total. The highest BCUT2D eigenvalue weighted by Gasteiger charge is 2.43. The quantitative estimate of drug-likeness (QED) is 0.458. The number of carbonyl (C=O) groups excluding carboxylic acids is 4.